The quantitative estimate of drug-likeness (QED) is 0.907. The van der Waals surface area contributed by atoms with Crippen molar-refractivity contribution in [1.29, 1.82) is 0 Å². The largest absolute Gasteiger partial charge is 0.378 e. The highest BCUT2D eigenvalue weighted by Crippen LogP contribution is 2.32. The van der Waals surface area contributed by atoms with Crippen LogP contribution in [0, 0.1) is 5.92 Å². The summed E-state index contributed by atoms with van der Waals surface area (Å²) in [4.78, 5) is 19.4. The summed E-state index contributed by atoms with van der Waals surface area (Å²) < 4.78 is 7.38. The van der Waals surface area contributed by atoms with Crippen LogP contribution in [0.4, 0.5) is 0 Å². The van der Waals surface area contributed by atoms with Crippen LogP contribution < -0.4 is 5.32 Å². The van der Waals surface area contributed by atoms with Crippen molar-refractivity contribution in [3.63, 3.8) is 0 Å². The number of fused-ring (bicyclic) bond motifs is 1. The highest BCUT2D eigenvalue weighted by atomic mass is 16.5. The van der Waals surface area contributed by atoms with Gasteiger partial charge in [-0.1, -0.05) is 6.07 Å². The molecule has 2 aromatic heterocycles. The van der Waals surface area contributed by atoms with E-state index in [9.17, 15) is 4.79 Å². The normalized spacial score (nSPS) is 19.6. The third-order valence-electron chi connectivity index (χ3n) is 5.05. The maximum atomic E-state index is 12.9. The van der Waals surface area contributed by atoms with E-state index in [0.717, 1.165) is 17.3 Å². The van der Waals surface area contributed by atoms with Crippen molar-refractivity contribution >= 4 is 11.6 Å². The van der Waals surface area contributed by atoms with E-state index in [1.807, 2.05) is 33.7 Å². The van der Waals surface area contributed by atoms with Crippen molar-refractivity contribution in [3.8, 4) is 0 Å². The topological polar surface area (TPSA) is 58.9 Å². The fraction of sp³-hybridized carbons (Fsp3) is 0.556. The zero-order chi connectivity index (χ0) is 16.5. The van der Waals surface area contributed by atoms with E-state index >= 15 is 0 Å². The number of hydrogen-bond acceptors (Lipinski definition) is 4. The molecule has 4 rings (SSSR count). The van der Waals surface area contributed by atoms with E-state index in [2.05, 4.69) is 17.2 Å². The number of carbonyl (C=O) groups is 1. The monoisotopic (exact) mass is 328 g/mol. The summed E-state index contributed by atoms with van der Waals surface area (Å²) in [5, 5.41) is 3.58. The first kappa shape index (κ1) is 15.6. The molecule has 1 aliphatic carbocycles. The zero-order valence-electron chi connectivity index (χ0n) is 14.1. The van der Waals surface area contributed by atoms with Crippen LogP contribution in [0.5, 0.6) is 0 Å². The van der Waals surface area contributed by atoms with Crippen molar-refractivity contribution in [2.45, 2.75) is 32.4 Å². The number of pyridine rings is 1. The van der Waals surface area contributed by atoms with Crippen LogP contribution in [0.2, 0.25) is 0 Å². The minimum absolute atomic E-state index is 0.0119. The predicted molar refractivity (Wildman–Crippen MR) is 90.9 cm³/mol. The van der Waals surface area contributed by atoms with Gasteiger partial charge in [0.15, 0.2) is 5.69 Å². The predicted octanol–water partition coefficient (Wildman–Crippen LogP) is 1.69. The van der Waals surface area contributed by atoms with Gasteiger partial charge in [-0.25, -0.2) is 4.98 Å². The number of amides is 1. The van der Waals surface area contributed by atoms with Gasteiger partial charge in [0.25, 0.3) is 5.91 Å². The van der Waals surface area contributed by atoms with Crippen LogP contribution in [0.1, 0.15) is 35.9 Å². The number of aromatic nitrogens is 2. The van der Waals surface area contributed by atoms with Crippen LogP contribution in [0.15, 0.2) is 24.4 Å². The maximum Gasteiger partial charge on any atom is 0.274 e. The van der Waals surface area contributed by atoms with Gasteiger partial charge >= 0.3 is 0 Å². The molecule has 0 spiro atoms. The van der Waals surface area contributed by atoms with E-state index in [4.69, 9.17) is 4.74 Å². The fourth-order valence-electron chi connectivity index (χ4n) is 3.32. The van der Waals surface area contributed by atoms with E-state index < -0.39 is 0 Å². The Morgan fingerprint density at radius 3 is 2.92 bits per heavy atom. The number of morpholine rings is 1. The van der Waals surface area contributed by atoms with Crippen molar-refractivity contribution in [2.75, 3.05) is 26.3 Å². The van der Waals surface area contributed by atoms with Crippen molar-refractivity contribution in [2.24, 2.45) is 5.92 Å². The Morgan fingerprint density at radius 2 is 2.17 bits per heavy atom. The summed E-state index contributed by atoms with van der Waals surface area (Å²) >= 11 is 0. The second-order valence-electron chi connectivity index (χ2n) is 6.75. The van der Waals surface area contributed by atoms with Crippen LogP contribution in [-0.2, 0) is 11.3 Å². The summed E-state index contributed by atoms with van der Waals surface area (Å²) in [5.41, 5.74) is 2.35. The average Bonchev–Trinajstić information content (AvgIpc) is 3.41. The van der Waals surface area contributed by atoms with E-state index in [-0.39, 0.29) is 5.91 Å². The smallest absolute Gasteiger partial charge is 0.274 e. The van der Waals surface area contributed by atoms with Crippen molar-refractivity contribution in [3.05, 3.63) is 35.8 Å². The maximum absolute atomic E-state index is 12.9. The number of nitrogens with one attached hydrogen (secondary N) is 1. The molecular formula is C18H24N4O2. The van der Waals surface area contributed by atoms with Gasteiger partial charge in [0.2, 0.25) is 0 Å². The minimum Gasteiger partial charge on any atom is -0.378 e. The molecule has 24 heavy (non-hydrogen) atoms. The molecule has 6 nitrogen and oxygen atoms in total. The summed E-state index contributed by atoms with van der Waals surface area (Å²) in [6.45, 7) is 5.37. The Labute approximate surface area is 141 Å². The molecule has 0 radical (unpaired) electrons. The van der Waals surface area contributed by atoms with Gasteiger partial charge in [-0.3, -0.25) is 4.79 Å². The van der Waals surface area contributed by atoms with E-state index in [1.54, 1.807) is 0 Å². The van der Waals surface area contributed by atoms with Gasteiger partial charge in [-0.05, 0) is 37.8 Å². The number of ether oxygens (including phenoxy) is 1. The van der Waals surface area contributed by atoms with E-state index in [1.165, 1.54) is 12.8 Å². The Bertz CT molecular complexity index is 732. The molecule has 1 amide bonds. The first-order chi connectivity index (χ1) is 11.7. The molecule has 1 saturated heterocycles. The first-order valence-electron chi connectivity index (χ1n) is 8.80. The van der Waals surface area contributed by atoms with Crippen molar-refractivity contribution in [1.82, 2.24) is 19.6 Å². The molecule has 1 aliphatic heterocycles. The lowest BCUT2D eigenvalue weighted by atomic mass is 10.2. The van der Waals surface area contributed by atoms with Gasteiger partial charge in [0.05, 0.1) is 18.9 Å². The van der Waals surface area contributed by atoms with Crippen LogP contribution in [-0.4, -0.2) is 52.5 Å². The molecule has 1 atom stereocenters. The highest BCUT2D eigenvalue weighted by molar-refractivity contribution is 5.94. The van der Waals surface area contributed by atoms with Gasteiger partial charge in [-0.15, -0.1) is 0 Å². The zero-order valence-corrected chi connectivity index (χ0v) is 14.1. The SMILES string of the molecule is CC(NCc1c(C(=O)N2CCOCC2)nc2ccccn12)C1CC1. The second kappa shape index (κ2) is 6.53. The molecule has 6 heteroatoms. The molecule has 2 fully saturated rings. The molecule has 0 bridgehead atoms. The standard InChI is InChI=1S/C18H24N4O2/c1-13(14-5-6-14)19-12-15-17(18(23)21-8-10-24-11-9-21)20-16-4-2-3-7-22(15)16/h2-4,7,13-14,19H,5-6,8-12H2,1H3. The Hall–Kier alpha value is -1.92. The molecule has 128 valence electrons. The molecule has 1 saturated carbocycles. The molecular weight excluding hydrogens is 304 g/mol. The van der Waals surface area contributed by atoms with Crippen LogP contribution in [0.25, 0.3) is 5.65 Å². The molecule has 2 aliphatic rings. The summed E-state index contributed by atoms with van der Waals surface area (Å²) in [5.74, 6) is 0.792. The third-order valence-corrected chi connectivity index (χ3v) is 5.05. The lowest BCUT2D eigenvalue weighted by molar-refractivity contribution is 0.0298. The van der Waals surface area contributed by atoms with Crippen molar-refractivity contribution < 1.29 is 9.53 Å². The minimum atomic E-state index is 0.0119. The van der Waals surface area contributed by atoms with Gasteiger partial charge < -0.3 is 19.4 Å². The number of hydrogen-bond donors (Lipinski definition) is 1. The number of imidazole rings is 1. The van der Waals surface area contributed by atoms with Crippen LogP contribution >= 0.6 is 0 Å². The summed E-state index contributed by atoms with van der Waals surface area (Å²) in [6, 6.07) is 6.36. The lowest BCUT2D eigenvalue weighted by Gasteiger charge is -2.26. The summed E-state index contributed by atoms with van der Waals surface area (Å²) in [7, 11) is 0. The molecule has 1 N–H and O–H groups in total. The fourth-order valence-corrected chi connectivity index (χ4v) is 3.32. The Morgan fingerprint density at radius 1 is 1.38 bits per heavy atom. The Kier molecular flexibility index (Phi) is 4.24. The van der Waals surface area contributed by atoms with Gasteiger partial charge in [-0.2, -0.15) is 0 Å². The van der Waals surface area contributed by atoms with Gasteiger partial charge in [0, 0.05) is 31.9 Å². The lowest BCUT2D eigenvalue weighted by Crippen LogP contribution is -2.41. The molecule has 0 aromatic carbocycles. The number of nitrogens with zero attached hydrogens (tertiary/aromatic N) is 3. The first-order valence-corrected chi connectivity index (χ1v) is 8.80. The number of carbonyl (C=O) groups excluding carboxylic acids is 1. The van der Waals surface area contributed by atoms with Gasteiger partial charge in [0.1, 0.15) is 5.65 Å². The number of rotatable bonds is 5. The molecule has 3 heterocycles. The second-order valence-corrected chi connectivity index (χ2v) is 6.75. The average molecular weight is 328 g/mol. The molecule has 1 unspecified atom stereocenters. The van der Waals surface area contributed by atoms with E-state index in [0.29, 0.717) is 44.6 Å². The molecule has 2 aromatic rings. The summed E-state index contributed by atoms with van der Waals surface area (Å²) in [6.07, 6.45) is 4.60. The Balaban J connectivity index is 1.62. The third kappa shape index (κ3) is 3.03. The van der Waals surface area contributed by atoms with Crippen LogP contribution in [0.3, 0.4) is 0 Å². The highest BCUT2D eigenvalue weighted by Gasteiger charge is 2.29.